The number of benzene rings is 3. The monoisotopic (exact) mass is 464 g/mol. The molecule has 0 radical (unpaired) electrons. The fourth-order valence-corrected chi connectivity index (χ4v) is 5.81. The molecule has 0 fully saturated rings. The van der Waals surface area contributed by atoms with Crippen LogP contribution in [0.1, 0.15) is 26.3 Å². The van der Waals surface area contributed by atoms with E-state index >= 15 is 0 Å². The molecule has 0 heterocycles. The lowest BCUT2D eigenvalue weighted by Gasteiger charge is -2.26. The van der Waals surface area contributed by atoms with Crippen molar-refractivity contribution in [2.45, 2.75) is 20.8 Å². The molecule has 0 saturated heterocycles. The van der Waals surface area contributed by atoms with Crippen LogP contribution >= 0.6 is 23.9 Å². The molecule has 0 aliphatic heterocycles. The average Bonchev–Trinajstić information content (AvgIpc) is 2.72. The first kappa shape index (κ1) is 21.6. The summed E-state index contributed by atoms with van der Waals surface area (Å²) in [5.74, 6) is 0. The second-order valence-electron chi connectivity index (χ2n) is 7.82. The second-order valence-corrected chi connectivity index (χ2v) is 10.9. The highest BCUT2D eigenvalue weighted by atomic mass is 79.9. The Labute approximate surface area is 183 Å². The first-order valence-electron chi connectivity index (χ1n) is 9.68. The lowest BCUT2D eigenvalue weighted by Crippen LogP contribution is -2.27. The zero-order valence-corrected chi connectivity index (χ0v) is 19.6. The predicted octanol–water partition coefficient (Wildman–Crippen LogP) is 6.40. The third kappa shape index (κ3) is 6.19. The predicted molar refractivity (Wildman–Crippen MR) is 133 cm³/mol. The van der Waals surface area contributed by atoms with E-state index in [0.717, 1.165) is 21.9 Å². The normalized spacial score (nSPS) is 12.7. The Morgan fingerprint density at radius 2 is 1.34 bits per heavy atom. The van der Waals surface area contributed by atoms with E-state index in [1.807, 2.05) is 30.5 Å². The first-order chi connectivity index (χ1) is 13.9. The molecule has 0 saturated carbocycles. The van der Waals surface area contributed by atoms with Crippen molar-refractivity contribution in [3.05, 3.63) is 95.0 Å². The van der Waals surface area contributed by atoms with E-state index in [0.29, 0.717) is 0 Å². The average molecular weight is 465 g/mol. The highest BCUT2D eigenvalue weighted by Crippen LogP contribution is 2.36. The van der Waals surface area contributed by atoms with E-state index < -0.39 is 7.92 Å². The van der Waals surface area contributed by atoms with Crippen molar-refractivity contribution in [3.8, 4) is 0 Å². The molecule has 0 aliphatic carbocycles. The third-order valence-corrected chi connectivity index (χ3v) is 7.77. The van der Waals surface area contributed by atoms with Gasteiger partial charge >= 0.3 is 0 Å². The summed E-state index contributed by atoms with van der Waals surface area (Å²) in [6.45, 7) is 6.63. The summed E-state index contributed by atoms with van der Waals surface area (Å²) < 4.78 is 1.02. The van der Waals surface area contributed by atoms with Gasteiger partial charge in [-0.2, -0.15) is 10.2 Å². The maximum atomic E-state index is 4.70. The van der Waals surface area contributed by atoms with Crippen molar-refractivity contribution in [3.63, 3.8) is 0 Å². The quantitative estimate of drug-likeness (QED) is 0.229. The minimum Gasteiger partial charge on any atom is -0.159 e. The van der Waals surface area contributed by atoms with E-state index in [-0.39, 0.29) is 5.41 Å². The number of rotatable bonds is 6. The molecule has 0 aliphatic rings. The van der Waals surface area contributed by atoms with Gasteiger partial charge in [-0.1, -0.05) is 116 Å². The molecule has 0 amide bonds. The van der Waals surface area contributed by atoms with Gasteiger partial charge in [0.2, 0.25) is 0 Å². The molecule has 3 rings (SSSR count). The van der Waals surface area contributed by atoms with Crippen LogP contribution in [0.5, 0.6) is 0 Å². The Kier molecular flexibility index (Phi) is 7.52. The minimum atomic E-state index is -0.545. The highest BCUT2D eigenvalue weighted by Gasteiger charge is 2.24. The number of nitrogens with zero attached hydrogens (tertiary/aromatic N) is 2. The van der Waals surface area contributed by atoms with Gasteiger partial charge in [0, 0.05) is 21.6 Å². The Bertz CT molecular complexity index is 937. The van der Waals surface area contributed by atoms with E-state index in [9.17, 15) is 0 Å². The van der Waals surface area contributed by atoms with Gasteiger partial charge in [-0.15, -0.1) is 0 Å². The molecule has 0 aromatic heterocycles. The second kappa shape index (κ2) is 10.1. The van der Waals surface area contributed by atoms with E-state index in [1.54, 1.807) is 0 Å². The molecule has 0 atom stereocenters. The first-order valence-corrected chi connectivity index (χ1v) is 12.0. The summed E-state index contributed by atoms with van der Waals surface area (Å²) >= 11 is 3.57. The molecule has 2 nitrogen and oxygen atoms in total. The fourth-order valence-electron chi connectivity index (χ4n) is 2.86. The summed E-state index contributed by atoms with van der Waals surface area (Å²) in [6.07, 6.45) is 2.71. The summed E-state index contributed by atoms with van der Waals surface area (Å²) in [4.78, 5) is 0. The molecule has 3 aromatic carbocycles. The number of hydrogen-bond acceptors (Lipinski definition) is 2. The maximum absolute atomic E-state index is 4.70. The van der Waals surface area contributed by atoms with Crippen LogP contribution in [-0.2, 0) is 0 Å². The zero-order valence-electron chi connectivity index (χ0n) is 17.1. The van der Waals surface area contributed by atoms with Gasteiger partial charge < -0.3 is 0 Å². The standard InChI is InChI=1S/C25H26BrN2P/c1-25(2,3)24(28-27-18-20-12-10-11-17-23(20)26)19-29(21-13-6-4-7-14-21)22-15-8-5-9-16-22/h4-18H,19H2,1-3H3/b27-18+,28-24-. The Balaban J connectivity index is 1.94. The van der Waals surface area contributed by atoms with Crippen molar-refractivity contribution < 1.29 is 0 Å². The highest BCUT2D eigenvalue weighted by molar-refractivity contribution is 9.10. The molecular weight excluding hydrogens is 439 g/mol. The van der Waals surface area contributed by atoms with Gasteiger partial charge in [-0.05, 0) is 24.6 Å². The molecule has 148 valence electrons. The van der Waals surface area contributed by atoms with Gasteiger partial charge in [0.1, 0.15) is 0 Å². The number of hydrogen-bond donors (Lipinski definition) is 0. The van der Waals surface area contributed by atoms with Crippen molar-refractivity contribution in [1.82, 2.24) is 0 Å². The zero-order chi connectivity index (χ0) is 20.7. The van der Waals surface area contributed by atoms with Gasteiger partial charge in [-0.25, -0.2) is 0 Å². The van der Waals surface area contributed by atoms with E-state index in [1.165, 1.54) is 10.6 Å². The van der Waals surface area contributed by atoms with Crippen molar-refractivity contribution in [2.24, 2.45) is 15.6 Å². The molecule has 0 spiro atoms. The Morgan fingerprint density at radius 1 is 0.828 bits per heavy atom. The van der Waals surface area contributed by atoms with Gasteiger partial charge in [-0.3, -0.25) is 0 Å². The van der Waals surface area contributed by atoms with Gasteiger partial charge in [0.05, 0.1) is 11.9 Å². The van der Waals surface area contributed by atoms with Crippen LogP contribution in [0.4, 0.5) is 0 Å². The van der Waals surface area contributed by atoms with Crippen molar-refractivity contribution in [2.75, 3.05) is 6.16 Å². The topological polar surface area (TPSA) is 24.7 Å². The summed E-state index contributed by atoms with van der Waals surface area (Å²) in [7, 11) is -0.545. The number of halogens is 1. The molecule has 4 heteroatoms. The van der Waals surface area contributed by atoms with Crippen LogP contribution in [0.15, 0.2) is 99.6 Å². The molecule has 0 bridgehead atoms. The summed E-state index contributed by atoms with van der Waals surface area (Å²) in [5.41, 5.74) is 2.08. The molecule has 29 heavy (non-hydrogen) atoms. The van der Waals surface area contributed by atoms with Crippen LogP contribution in [0.25, 0.3) is 0 Å². The van der Waals surface area contributed by atoms with Crippen LogP contribution in [0.2, 0.25) is 0 Å². The maximum Gasteiger partial charge on any atom is 0.0579 e. The summed E-state index contributed by atoms with van der Waals surface area (Å²) in [6, 6.07) is 29.6. The largest absolute Gasteiger partial charge is 0.159 e. The van der Waals surface area contributed by atoms with Crippen LogP contribution < -0.4 is 10.6 Å². The SMILES string of the molecule is CC(C)(C)/C(CP(c1ccccc1)c1ccccc1)=N\N=C\c1ccccc1Br. The third-order valence-electron chi connectivity index (χ3n) is 4.59. The van der Waals surface area contributed by atoms with Crippen molar-refractivity contribution in [1.29, 1.82) is 0 Å². The fraction of sp³-hybridized carbons (Fsp3) is 0.200. The Hall–Kier alpha value is -2.09. The van der Waals surface area contributed by atoms with E-state index in [4.69, 9.17) is 5.10 Å². The minimum absolute atomic E-state index is 0.0601. The molecular formula is C25H26BrN2P. The smallest absolute Gasteiger partial charge is 0.0579 e. The van der Waals surface area contributed by atoms with E-state index in [2.05, 4.69) is 102 Å². The van der Waals surface area contributed by atoms with Gasteiger partial charge in [0.25, 0.3) is 0 Å². The van der Waals surface area contributed by atoms with Gasteiger partial charge in [0.15, 0.2) is 0 Å². The molecule has 0 unspecified atom stereocenters. The molecule has 3 aromatic rings. The lowest BCUT2D eigenvalue weighted by atomic mass is 9.91. The lowest BCUT2D eigenvalue weighted by molar-refractivity contribution is 0.586. The van der Waals surface area contributed by atoms with Crippen LogP contribution in [0.3, 0.4) is 0 Å². The molecule has 0 N–H and O–H groups in total. The van der Waals surface area contributed by atoms with Crippen molar-refractivity contribution >= 4 is 46.4 Å². The van der Waals surface area contributed by atoms with Crippen LogP contribution in [0, 0.1) is 5.41 Å². The summed E-state index contributed by atoms with van der Waals surface area (Å²) in [5, 5.41) is 11.9. The van der Waals surface area contributed by atoms with Crippen LogP contribution in [-0.4, -0.2) is 18.1 Å². The Morgan fingerprint density at radius 3 is 1.86 bits per heavy atom.